The molecule has 2 saturated carbocycles. The average Bonchev–Trinajstić information content (AvgIpc) is 3.10. The molecule has 2 fully saturated rings. The number of carbonyl (C=O) groups excluding carboxylic acids is 2. The minimum atomic E-state index is -0.567. The normalized spacial score (nSPS) is 31.2. The molecule has 1 aromatic rings. The number of hydrogen-bond acceptors (Lipinski definition) is 2. The summed E-state index contributed by atoms with van der Waals surface area (Å²) in [6, 6.07) is 4.05. The van der Waals surface area contributed by atoms with Crippen molar-refractivity contribution in [2.75, 3.05) is 11.4 Å². The molecule has 20 heavy (non-hydrogen) atoms. The minimum Gasteiger partial charge on any atom is -0.304 e. The van der Waals surface area contributed by atoms with Crippen molar-refractivity contribution < 1.29 is 14.0 Å². The molecule has 2 aliphatic carbocycles. The first-order valence-electron chi connectivity index (χ1n) is 7.29. The number of benzene rings is 1. The number of amides is 1. The minimum absolute atomic E-state index is 0.221. The Morgan fingerprint density at radius 1 is 1.20 bits per heavy atom. The van der Waals surface area contributed by atoms with E-state index in [2.05, 4.69) is 0 Å². The van der Waals surface area contributed by atoms with Gasteiger partial charge in [0.25, 0.3) is 11.7 Å². The fourth-order valence-corrected chi connectivity index (χ4v) is 4.29. The Morgan fingerprint density at radius 2 is 2.05 bits per heavy atom. The van der Waals surface area contributed by atoms with Gasteiger partial charge in [-0.05, 0) is 55.2 Å². The zero-order chi connectivity index (χ0) is 13.9. The molecule has 1 aromatic carbocycles. The molecule has 4 rings (SSSR count). The second-order valence-electron chi connectivity index (χ2n) is 6.34. The lowest BCUT2D eigenvalue weighted by Crippen LogP contribution is -2.36. The Balaban J connectivity index is 1.63. The molecule has 0 N–H and O–H groups in total. The molecule has 1 aliphatic heterocycles. The van der Waals surface area contributed by atoms with Crippen LogP contribution in [-0.4, -0.2) is 18.2 Å². The van der Waals surface area contributed by atoms with Gasteiger partial charge in [-0.3, -0.25) is 9.59 Å². The van der Waals surface area contributed by atoms with E-state index in [0.29, 0.717) is 24.1 Å². The van der Waals surface area contributed by atoms with Gasteiger partial charge in [-0.1, -0.05) is 6.42 Å². The van der Waals surface area contributed by atoms with E-state index in [1.165, 1.54) is 37.8 Å². The van der Waals surface area contributed by atoms with Crippen LogP contribution < -0.4 is 4.90 Å². The van der Waals surface area contributed by atoms with E-state index in [4.69, 9.17) is 0 Å². The molecular formula is C16H16FNO2. The third-order valence-corrected chi connectivity index (χ3v) is 5.24. The SMILES string of the molecule is O=C1C(=O)N(CC2CC3CCC2C3)c2ccc(F)cc21. The van der Waals surface area contributed by atoms with Gasteiger partial charge < -0.3 is 4.90 Å². The summed E-state index contributed by atoms with van der Waals surface area (Å²) in [4.78, 5) is 25.6. The van der Waals surface area contributed by atoms with Crippen LogP contribution in [0.2, 0.25) is 0 Å². The third-order valence-electron chi connectivity index (χ3n) is 5.24. The number of nitrogens with zero attached hydrogens (tertiary/aromatic N) is 1. The predicted octanol–water partition coefficient (Wildman–Crippen LogP) is 2.79. The summed E-state index contributed by atoms with van der Waals surface area (Å²) in [7, 11) is 0. The summed E-state index contributed by atoms with van der Waals surface area (Å²) < 4.78 is 13.2. The summed E-state index contributed by atoms with van der Waals surface area (Å²) in [6.07, 6.45) is 5.01. The van der Waals surface area contributed by atoms with E-state index in [9.17, 15) is 14.0 Å². The predicted molar refractivity (Wildman–Crippen MR) is 72.0 cm³/mol. The van der Waals surface area contributed by atoms with E-state index in [1.807, 2.05) is 0 Å². The lowest BCUT2D eigenvalue weighted by molar-refractivity contribution is -0.114. The number of Topliss-reactive ketones (excluding diaryl/α,β-unsaturated/α-hetero) is 1. The number of halogens is 1. The highest BCUT2D eigenvalue weighted by Crippen LogP contribution is 2.49. The molecular weight excluding hydrogens is 257 g/mol. The second-order valence-corrected chi connectivity index (χ2v) is 6.34. The number of anilines is 1. The van der Waals surface area contributed by atoms with Gasteiger partial charge in [0.1, 0.15) is 5.82 Å². The van der Waals surface area contributed by atoms with Crippen LogP contribution in [-0.2, 0) is 4.79 Å². The fourth-order valence-electron chi connectivity index (χ4n) is 4.29. The summed E-state index contributed by atoms with van der Waals surface area (Å²) in [5.74, 6) is 0.489. The molecule has 1 amide bonds. The summed E-state index contributed by atoms with van der Waals surface area (Å²) >= 11 is 0. The maximum absolute atomic E-state index is 13.2. The highest BCUT2D eigenvalue weighted by Gasteiger charge is 2.43. The third kappa shape index (κ3) is 1.63. The van der Waals surface area contributed by atoms with Crippen molar-refractivity contribution in [3.8, 4) is 0 Å². The summed E-state index contributed by atoms with van der Waals surface area (Å²) in [5, 5.41) is 0. The quantitative estimate of drug-likeness (QED) is 0.777. The molecule has 3 aliphatic rings. The van der Waals surface area contributed by atoms with Gasteiger partial charge in [-0.2, -0.15) is 0 Å². The first kappa shape index (κ1) is 12.1. The number of carbonyl (C=O) groups is 2. The van der Waals surface area contributed by atoms with Crippen molar-refractivity contribution in [3.63, 3.8) is 0 Å². The van der Waals surface area contributed by atoms with Gasteiger partial charge in [-0.15, -0.1) is 0 Å². The highest BCUT2D eigenvalue weighted by atomic mass is 19.1. The molecule has 3 nitrogen and oxygen atoms in total. The Labute approximate surface area is 116 Å². The lowest BCUT2D eigenvalue weighted by atomic mass is 9.88. The fraction of sp³-hybridized carbons (Fsp3) is 0.500. The zero-order valence-electron chi connectivity index (χ0n) is 11.1. The van der Waals surface area contributed by atoms with Crippen LogP contribution in [0.15, 0.2) is 18.2 Å². The largest absolute Gasteiger partial charge is 0.304 e. The first-order chi connectivity index (χ1) is 9.63. The van der Waals surface area contributed by atoms with Crippen LogP contribution in [0.1, 0.15) is 36.0 Å². The Morgan fingerprint density at radius 3 is 2.75 bits per heavy atom. The number of ketones is 1. The smallest absolute Gasteiger partial charge is 0.299 e. The van der Waals surface area contributed by atoms with Crippen LogP contribution >= 0.6 is 0 Å². The number of fused-ring (bicyclic) bond motifs is 3. The molecule has 2 bridgehead atoms. The molecule has 0 aromatic heterocycles. The Bertz CT molecular complexity index is 612. The standard InChI is InChI=1S/C16H16FNO2/c17-12-3-4-14-13(7-12)15(19)16(20)18(14)8-11-6-9-1-2-10(11)5-9/h3-4,7,9-11H,1-2,5-6,8H2. The van der Waals surface area contributed by atoms with Crippen LogP contribution in [0.25, 0.3) is 0 Å². The van der Waals surface area contributed by atoms with Crippen molar-refractivity contribution in [1.82, 2.24) is 0 Å². The summed E-state index contributed by atoms with van der Waals surface area (Å²) in [5.41, 5.74) is 0.808. The van der Waals surface area contributed by atoms with Gasteiger partial charge in [0.2, 0.25) is 0 Å². The Kier molecular flexibility index (Phi) is 2.50. The topological polar surface area (TPSA) is 37.4 Å². The van der Waals surface area contributed by atoms with Crippen molar-refractivity contribution in [2.24, 2.45) is 17.8 Å². The molecule has 3 atom stereocenters. The van der Waals surface area contributed by atoms with E-state index in [1.54, 1.807) is 11.0 Å². The van der Waals surface area contributed by atoms with Crippen LogP contribution in [0.4, 0.5) is 10.1 Å². The van der Waals surface area contributed by atoms with Gasteiger partial charge in [-0.25, -0.2) is 4.39 Å². The highest BCUT2D eigenvalue weighted by molar-refractivity contribution is 6.52. The van der Waals surface area contributed by atoms with Crippen molar-refractivity contribution in [3.05, 3.63) is 29.6 Å². The van der Waals surface area contributed by atoms with Gasteiger partial charge in [0.05, 0.1) is 11.3 Å². The number of hydrogen-bond donors (Lipinski definition) is 0. The van der Waals surface area contributed by atoms with Gasteiger partial charge in [0, 0.05) is 6.54 Å². The lowest BCUT2D eigenvalue weighted by Gasteiger charge is -2.27. The Hall–Kier alpha value is -1.71. The molecule has 1 heterocycles. The van der Waals surface area contributed by atoms with Crippen LogP contribution in [0, 0.1) is 23.6 Å². The molecule has 3 unspecified atom stereocenters. The summed E-state index contributed by atoms with van der Waals surface area (Å²) in [6.45, 7) is 0.615. The molecule has 0 spiro atoms. The van der Waals surface area contributed by atoms with Crippen molar-refractivity contribution in [1.29, 1.82) is 0 Å². The second kappa shape index (κ2) is 4.14. The van der Waals surface area contributed by atoms with Crippen LogP contribution in [0.3, 0.4) is 0 Å². The maximum Gasteiger partial charge on any atom is 0.299 e. The first-order valence-corrected chi connectivity index (χ1v) is 7.29. The van der Waals surface area contributed by atoms with Gasteiger partial charge >= 0.3 is 0 Å². The van der Waals surface area contributed by atoms with E-state index >= 15 is 0 Å². The van der Waals surface area contributed by atoms with Crippen molar-refractivity contribution in [2.45, 2.75) is 25.7 Å². The molecule has 0 radical (unpaired) electrons. The molecule has 104 valence electrons. The molecule has 4 heteroatoms. The van der Waals surface area contributed by atoms with E-state index in [-0.39, 0.29) is 5.56 Å². The van der Waals surface area contributed by atoms with E-state index < -0.39 is 17.5 Å². The van der Waals surface area contributed by atoms with E-state index in [0.717, 1.165) is 5.92 Å². The number of rotatable bonds is 2. The molecule has 0 saturated heterocycles. The maximum atomic E-state index is 13.2. The zero-order valence-corrected chi connectivity index (χ0v) is 11.1. The van der Waals surface area contributed by atoms with Crippen LogP contribution in [0.5, 0.6) is 0 Å². The van der Waals surface area contributed by atoms with Gasteiger partial charge in [0.15, 0.2) is 0 Å². The average molecular weight is 273 g/mol. The van der Waals surface area contributed by atoms with Crippen molar-refractivity contribution >= 4 is 17.4 Å². The monoisotopic (exact) mass is 273 g/mol.